The molecule has 0 atom stereocenters. The fourth-order valence-corrected chi connectivity index (χ4v) is 3.20. The van der Waals surface area contributed by atoms with Gasteiger partial charge in [-0.15, -0.1) is 5.10 Å². The molecule has 5 nitrogen and oxygen atoms in total. The molecule has 3 rings (SSSR count). The highest BCUT2D eigenvalue weighted by atomic mass is 35.5. The number of nitrogens with zero attached hydrogens (tertiary/aromatic N) is 5. The summed E-state index contributed by atoms with van der Waals surface area (Å²) in [4.78, 5) is 4.55. The minimum Gasteiger partial charge on any atom is -0.235 e. The Morgan fingerprint density at radius 2 is 2.10 bits per heavy atom. The lowest BCUT2D eigenvalue weighted by molar-refractivity contribution is 0.664. The molecule has 2 heterocycles. The number of aromatic nitrogens is 5. The number of halogens is 1. The molecule has 0 spiro atoms. The van der Waals surface area contributed by atoms with Gasteiger partial charge in [0.05, 0.1) is 5.52 Å². The number of thioether (sulfide) groups is 1. The zero-order chi connectivity index (χ0) is 15.0. The van der Waals surface area contributed by atoms with Crippen molar-refractivity contribution in [2.24, 2.45) is 7.05 Å². The third-order valence-corrected chi connectivity index (χ3v) is 4.86. The second-order valence-corrected chi connectivity index (χ2v) is 6.19. The number of rotatable bonds is 3. The first-order valence-electron chi connectivity index (χ1n) is 6.47. The summed E-state index contributed by atoms with van der Waals surface area (Å²) in [5.74, 6) is 0.683. The fraction of sp³-hybridized carbons (Fsp3) is 0.286. The molecule has 2 aromatic heterocycles. The molecule has 7 heteroatoms. The highest BCUT2D eigenvalue weighted by Gasteiger charge is 2.10. The Balaban J connectivity index is 1.94. The monoisotopic (exact) mass is 319 g/mol. The number of aryl methyl sites for hydroxylation is 3. The molecule has 21 heavy (non-hydrogen) atoms. The molecule has 0 N–H and O–H groups in total. The number of benzene rings is 1. The second kappa shape index (κ2) is 5.61. The second-order valence-electron chi connectivity index (χ2n) is 4.89. The van der Waals surface area contributed by atoms with Crippen molar-refractivity contribution in [3.05, 3.63) is 40.0 Å². The molecule has 0 aliphatic heterocycles. The van der Waals surface area contributed by atoms with Crippen molar-refractivity contribution >= 4 is 34.3 Å². The van der Waals surface area contributed by atoms with Gasteiger partial charge in [0.15, 0.2) is 0 Å². The fourth-order valence-electron chi connectivity index (χ4n) is 2.09. The van der Waals surface area contributed by atoms with Crippen molar-refractivity contribution < 1.29 is 0 Å². The average Bonchev–Trinajstić information content (AvgIpc) is 2.87. The van der Waals surface area contributed by atoms with Crippen LogP contribution < -0.4 is 0 Å². The molecule has 0 amide bonds. The van der Waals surface area contributed by atoms with Crippen LogP contribution in [0.5, 0.6) is 0 Å². The quantitative estimate of drug-likeness (QED) is 0.547. The third kappa shape index (κ3) is 2.73. The Bertz CT molecular complexity index is 814. The van der Waals surface area contributed by atoms with Crippen LogP contribution in [-0.2, 0) is 12.8 Å². The Morgan fingerprint density at radius 3 is 2.81 bits per heavy atom. The van der Waals surface area contributed by atoms with Crippen LogP contribution >= 0.6 is 23.4 Å². The molecule has 0 aliphatic carbocycles. The van der Waals surface area contributed by atoms with Crippen molar-refractivity contribution in [3.8, 4) is 0 Å². The lowest BCUT2D eigenvalue weighted by atomic mass is 10.0. The molecular weight excluding hydrogens is 306 g/mol. The van der Waals surface area contributed by atoms with E-state index in [-0.39, 0.29) is 0 Å². The van der Waals surface area contributed by atoms with Gasteiger partial charge in [0.25, 0.3) is 0 Å². The maximum atomic E-state index is 6.32. The van der Waals surface area contributed by atoms with E-state index in [0.29, 0.717) is 10.9 Å². The lowest BCUT2D eigenvalue weighted by Gasteiger charge is -2.09. The predicted octanol–water partition coefficient (Wildman–Crippen LogP) is 3.32. The third-order valence-electron chi connectivity index (χ3n) is 3.48. The summed E-state index contributed by atoms with van der Waals surface area (Å²) >= 11 is 7.86. The number of fused-ring (bicyclic) bond motifs is 1. The van der Waals surface area contributed by atoms with Crippen molar-refractivity contribution in [3.63, 3.8) is 0 Å². The summed E-state index contributed by atoms with van der Waals surface area (Å²) in [6.07, 6.45) is 0. The molecule has 0 radical (unpaired) electrons. The van der Waals surface area contributed by atoms with E-state index in [4.69, 9.17) is 11.6 Å². The SMILES string of the molecule is Cc1ccc2cc(CSc3nnnn3C)c(Cl)nc2c1C. The van der Waals surface area contributed by atoms with Gasteiger partial charge in [-0.3, -0.25) is 0 Å². The van der Waals surface area contributed by atoms with E-state index >= 15 is 0 Å². The van der Waals surface area contributed by atoms with Crippen LogP contribution in [0.2, 0.25) is 5.15 Å². The molecule has 0 saturated carbocycles. The minimum atomic E-state index is 0.541. The van der Waals surface area contributed by atoms with Gasteiger partial charge in [-0.25, -0.2) is 9.67 Å². The summed E-state index contributed by atoms with van der Waals surface area (Å²) in [5, 5.41) is 13.8. The maximum absolute atomic E-state index is 6.32. The lowest BCUT2D eigenvalue weighted by Crippen LogP contribution is -1.95. The van der Waals surface area contributed by atoms with Crippen LogP contribution in [0, 0.1) is 13.8 Å². The Morgan fingerprint density at radius 1 is 1.29 bits per heavy atom. The van der Waals surface area contributed by atoms with Gasteiger partial charge < -0.3 is 0 Å². The van der Waals surface area contributed by atoms with Crippen LogP contribution in [0.4, 0.5) is 0 Å². The van der Waals surface area contributed by atoms with Crippen LogP contribution in [0.1, 0.15) is 16.7 Å². The first-order valence-corrected chi connectivity index (χ1v) is 7.83. The summed E-state index contributed by atoms with van der Waals surface area (Å²) in [6.45, 7) is 4.15. The summed E-state index contributed by atoms with van der Waals surface area (Å²) in [6, 6.07) is 6.28. The Kier molecular flexibility index (Phi) is 3.82. The van der Waals surface area contributed by atoms with E-state index in [1.165, 1.54) is 22.9 Å². The van der Waals surface area contributed by atoms with Crippen LogP contribution in [0.25, 0.3) is 10.9 Å². The normalized spacial score (nSPS) is 11.2. The average molecular weight is 320 g/mol. The molecule has 0 saturated heterocycles. The topological polar surface area (TPSA) is 56.5 Å². The van der Waals surface area contributed by atoms with Gasteiger partial charge in [0.1, 0.15) is 5.15 Å². The van der Waals surface area contributed by atoms with Gasteiger partial charge in [-0.2, -0.15) is 0 Å². The molecule has 0 unspecified atom stereocenters. The molecule has 0 fully saturated rings. The Hall–Kier alpha value is -1.66. The van der Waals surface area contributed by atoms with Gasteiger partial charge >= 0.3 is 0 Å². The highest BCUT2D eigenvalue weighted by Crippen LogP contribution is 2.28. The standard InChI is InChI=1S/C14H14ClN5S/c1-8-4-5-10-6-11(13(15)16-12(10)9(8)2)7-21-14-17-18-19-20(14)3/h4-6H,7H2,1-3H3. The van der Waals surface area contributed by atoms with Crippen LogP contribution in [0.3, 0.4) is 0 Å². The number of tetrazole rings is 1. The largest absolute Gasteiger partial charge is 0.235 e. The Labute approximate surface area is 131 Å². The minimum absolute atomic E-state index is 0.541. The zero-order valence-corrected chi connectivity index (χ0v) is 13.5. The smallest absolute Gasteiger partial charge is 0.209 e. The predicted molar refractivity (Wildman–Crippen MR) is 84.6 cm³/mol. The van der Waals surface area contributed by atoms with Gasteiger partial charge in [0.2, 0.25) is 5.16 Å². The van der Waals surface area contributed by atoms with Crippen molar-refractivity contribution in [1.82, 2.24) is 25.2 Å². The van der Waals surface area contributed by atoms with Gasteiger partial charge in [-0.05, 0) is 41.5 Å². The van der Waals surface area contributed by atoms with E-state index in [1.807, 2.05) is 7.05 Å². The highest BCUT2D eigenvalue weighted by molar-refractivity contribution is 7.98. The number of pyridine rings is 1. The zero-order valence-electron chi connectivity index (χ0n) is 12.0. The molecule has 0 aliphatic rings. The maximum Gasteiger partial charge on any atom is 0.209 e. The molecule has 3 aromatic rings. The number of hydrogen-bond donors (Lipinski definition) is 0. The van der Waals surface area contributed by atoms with Crippen molar-refractivity contribution in [2.45, 2.75) is 24.8 Å². The van der Waals surface area contributed by atoms with Gasteiger partial charge in [-0.1, -0.05) is 35.5 Å². The molecule has 0 bridgehead atoms. The summed E-state index contributed by atoms with van der Waals surface area (Å²) in [7, 11) is 1.81. The summed E-state index contributed by atoms with van der Waals surface area (Å²) < 4.78 is 1.64. The van der Waals surface area contributed by atoms with Gasteiger partial charge in [0, 0.05) is 23.8 Å². The van der Waals surface area contributed by atoms with E-state index in [9.17, 15) is 0 Å². The summed E-state index contributed by atoms with van der Waals surface area (Å²) in [5.41, 5.74) is 4.35. The van der Waals surface area contributed by atoms with Crippen LogP contribution in [-0.4, -0.2) is 25.2 Å². The molecule has 1 aromatic carbocycles. The van der Waals surface area contributed by atoms with E-state index in [2.05, 4.69) is 52.6 Å². The van der Waals surface area contributed by atoms with E-state index in [0.717, 1.165) is 21.6 Å². The first-order chi connectivity index (χ1) is 10.1. The van der Waals surface area contributed by atoms with Crippen molar-refractivity contribution in [1.29, 1.82) is 0 Å². The van der Waals surface area contributed by atoms with Crippen LogP contribution in [0.15, 0.2) is 23.4 Å². The molecule has 108 valence electrons. The molecular formula is C14H14ClN5S. The van der Waals surface area contributed by atoms with E-state index < -0.39 is 0 Å². The van der Waals surface area contributed by atoms with E-state index in [1.54, 1.807) is 4.68 Å². The first kappa shape index (κ1) is 14.3. The number of hydrogen-bond acceptors (Lipinski definition) is 5. The van der Waals surface area contributed by atoms with Crippen molar-refractivity contribution in [2.75, 3.05) is 0 Å².